The molecule has 4 aliphatic carbocycles. The van der Waals surface area contributed by atoms with Gasteiger partial charge in [0.25, 0.3) is 0 Å². The summed E-state index contributed by atoms with van der Waals surface area (Å²) in [5.41, 5.74) is 1.34. The summed E-state index contributed by atoms with van der Waals surface area (Å²) in [6, 6.07) is 8.04. The van der Waals surface area contributed by atoms with Gasteiger partial charge >= 0.3 is 11.9 Å². The predicted octanol–water partition coefficient (Wildman–Crippen LogP) is 5.70. The van der Waals surface area contributed by atoms with E-state index >= 15 is 0 Å². The molecule has 4 saturated carbocycles. The molecule has 0 amide bonds. The average Bonchev–Trinajstić information content (AvgIpc) is 2.77. The second-order valence-electron chi connectivity index (χ2n) is 11.3. The molecule has 34 heavy (non-hydrogen) atoms. The van der Waals surface area contributed by atoms with Crippen molar-refractivity contribution < 1.29 is 19.4 Å². The van der Waals surface area contributed by atoms with Crippen LogP contribution in [0, 0.1) is 29.6 Å². The van der Waals surface area contributed by atoms with Crippen molar-refractivity contribution in [1.82, 2.24) is 4.84 Å². The van der Waals surface area contributed by atoms with Gasteiger partial charge in [0.1, 0.15) is 0 Å². The summed E-state index contributed by atoms with van der Waals surface area (Å²) in [5, 5.41) is 11.7. The zero-order valence-electron chi connectivity index (χ0n) is 20.4. The maximum absolute atomic E-state index is 12.3. The van der Waals surface area contributed by atoms with Crippen LogP contribution in [0.15, 0.2) is 24.3 Å². The molecule has 1 aromatic carbocycles. The molecule has 0 spiro atoms. The zero-order valence-corrected chi connectivity index (χ0v) is 21.9. The highest BCUT2D eigenvalue weighted by Gasteiger charge is 2.63. The third kappa shape index (κ3) is 5.18. The summed E-state index contributed by atoms with van der Waals surface area (Å²) < 4.78 is 5.04. The fraction of sp³-hybridized carbons (Fsp3) is 0.704. The van der Waals surface area contributed by atoms with Gasteiger partial charge in [-0.3, -0.25) is 9.59 Å². The average molecular weight is 511 g/mol. The van der Waals surface area contributed by atoms with Gasteiger partial charge in [-0.25, -0.2) is 4.84 Å². The minimum atomic E-state index is -0.797. The number of benzene rings is 1. The van der Waals surface area contributed by atoms with Crippen LogP contribution in [-0.2, 0) is 20.7 Å². The molecule has 8 atom stereocenters. The number of esters is 2. The lowest BCUT2D eigenvalue weighted by molar-refractivity contribution is -0.172. The Kier molecular flexibility index (Phi) is 7.69. The van der Waals surface area contributed by atoms with E-state index in [2.05, 4.69) is 17.0 Å². The van der Waals surface area contributed by atoms with Gasteiger partial charge < -0.3 is 9.84 Å². The van der Waals surface area contributed by atoms with Crippen molar-refractivity contribution >= 4 is 35.3 Å². The number of hydrogen-bond donors (Lipinski definition) is 2. The Balaban J connectivity index is 1.43. The first-order chi connectivity index (χ1) is 16.1. The Morgan fingerprint density at radius 3 is 2.59 bits per heavy atom. The molecule has 0 radical (unpaired) electrons. The number of aliphatic hydroxyl groups is 1. The van der Waals surface area contributed by atoms with Gasteiger partial charge in [0, 0.05) is 10.8 Å². The molecule has 7 heteroatoms. The van der Waals surface area contributed by atoms with Crippen LogP contribution in [-0.4, -0.2) is 27.5 Å². The second-order valence-corrected chi connectivity index (χ2v) is 12.3. The van der Waals surface area contributed by atoms with Crippen LogP contribution in [0.2, 0.25) is 0 Å². The summed E-state index contributed by atoms with van der Waals surface area (Å²) in [5.74, 6) is -0.699. The number of carbonyl (C=O) groups is 2. The zero-order chi connectivity index (χ0) is 24.7. The summed E-state index contributed by atoms with van der Waals surface area (Å²) >= 11 is 13.2. The lowest BCUT2D eigenvalue weighted by Gasteiger charge is -2.63. The number of aryl methyl sites for hydroxylation is 1. The Labute approximate surface area is 213 Å². The Hall–Kier alpha value is -1.14. The fourth-order valence-electron chi connectivity index (χ4n) is 6.88. The largest absolute Gasteiger partial charge is 0.393 e. The number of rotatable bonds is 9. The summed E-state index contributed by atoms with van der Waals surface area (Å²) in [7, 11) is 0. The van der Waals surface area contributed by atoms with Crippen molar-refractivity contribution in [3.05, 3.63) is 35.4 Å². The van der Waals surface area contributed by atoms with E-state index in [1.165, 1.54) is 0 Å². The SMILES string of the molecule is CCC(C)C(=O)OC(=O)C(C)CCc1cccc([C@H](NCl)[C@H]2C3CC4C[C@](Cl)(C3)C[C@@]2(O)C4)c1. The number of halogens is 2. The van der Waals surface area contributed by atoms with Crippen molar-refractivity contribution in [2.75, 3.05) is 0 Å². The Bertz CT molecular complexity index is 926. The molecule has 2 N–H and O–H groups in total. The lowest BCUT2D eigenvalue weighted by atomic mass is 9.47. The third-order valence-corrected chi connectivity index (χ3v) is 9.26. The fourth-order valence-corrected chi connectivity index (χ4v) is 7.79. The minimum Gasteiger partial charge on any atom is -0.393 e. The second kappa shape index (κ2) is 10.1. The van der Waals surface area contributed by atoms with Crippen LogP contribution < -0.4 is 4.84 Å². The lowest BCUT2D eigenvalue weighted by Crippen LogP contribution is -2.64. The molecule has 0 heterocycles. The van der Waals surface area contributed by atoms with E-state index in [-0.39, 0.29) is 28.7 Å². The number of ether oxygens (including phenoxy) is 1. The first-order valence-corrected chi connectivity index (χ1v) is 13.4. The number of carbonyl (C=O) groups excluding carboxylic acids is 2. The van der Waals surface area contributed by atoms with Crippen molar-refractivity contribution in [2.45, 2.75) is 88.7 Å². The van der Waals surface area contributed by atoms with Crippen LogP contribution in [0.1, 0.15) is 82.9 Å². The van der Waals surface area contributed by atoms with Crippen molar-refractivity contribution in [2.24, 2.45) is 29.6 Å². The number of hydrogen-bond acceptors (Lipinski definition) is 5. The van der Waals surface area contributed by atoms with Crippen LogP contribution in [0.25, 0.3) is 0 Å². The Morgan fingerprint density at radius 2 is 1.94 bits per heavy atom. The first-order valence-electron chi connectivity index (χ1n) is 12.7. The van der Waals surface area contributed by atoms with Crippen LogP contribution in [0.3, 0.4) is 0 Å². The number of alkyl halides is 1. The van der Waals surface area contributed by atoms with Gasteiger partial charge in [-0.15, -0.1) is 11.6 Å². The van der Waals surface area contributed by atoms with E-state index in [1.807, 2.05) is 19.1 Å². The molecular formula is C27H37Cl2NO4. The first kappa shape index (κ1) is 25.9. The highest BCUT2D eigenvalue weighted by molar-refractivity contribution is 6.24. The molecule has 188 valence electrons. The van der Waals surface area contributed by atoms with Gasteiger partial charge in [0.15, 0.2) is 0 Å². The van der Waals surface area contributed by atoms with Crippen LogP contribution in [0.5, 0.6) is 0 Å². The van der Waals surface area contributed by atoms with Gasteiger partial charge in [-0.2, -0.15) is 0 Å². The molecule has 4 aliphatic rings. The molecule has 4 bridgehead atoms. The standard InChI is InChI=1S/C27H37Cl2NO4/c1-4-16(2)24(31)34-25(32)17(3)8-9-18-6-5-7-20(10-18)23(30-29)22-21-11-19-12-26(28,14-21)15-27(22,33)13-19/h5-7,10,16-17,19,21-23,30,33H,4,8-9,11-15H2,1-3H3/t16?,17?,19?,21?,22-,23+,26+,27+/m1/s1. The minimum absolute atomic E-state index is 0.0177. The van der Waals surface area contributed by atoms with Gasteiger partial charge in [-0.1, -0.05) is 45.0 Å². The van der Waals surface area contributed by atoms with Crippen molar-refractivity contribution in [3.63, 3.8) is 0 Å². The van der Waals surface area contributed by atoms with E-state index in [1.54, 1.807) is 13.8 Å². The normalized spacial score (nSPS) is 34.5. The van der Waals surface area contributed by atoms with Crippen molar-refractivity contribution in [1.29, 1.82) is 0 Å². The highest BCUT2D eigenvalue weighted by atomic mass is 35.5. The summed E-state index contributed by atoms with van der Waals surface area (Å²) in [4.78, 5) is 27.0. The van der Waals surface area contributed by atoms with Gasteiger partial charge in [0.05, 0.1) is 23.5 Å². The molecule has 5 nitrogen and oxygen atoms in total. The maximum atomic E-state index is 12.3. The molecule has 4 fully saturated rings. The van der Waals surface area contributed by atoms with E-state index in [9.17, 15) is 14.7 Å². The molecule has 0 saturated heterocycles. The molecule has 0 aromatic heterocycles. The van der Waals surface area contributed by atoms with E-state index in [4.69, 9.17) is 28.1 Å². The molecular weight excluding hydrogens is 473 g/mol. The highest BCUT2D eigenvalue weighted by Crippen LogP contribution is 2.64. The quantitative estimate of drug-likeness (QED) is 0.193. The third-order valence-electron chi connectivity index (χ3n) is 8.58. The van der Waals surface area contributed by atoms with Crippen LogP contribution >= 0.6 is 23.4 Å². The molecule has 4 unspecified atom stereocenters. The van der Waals surface area contributed by atoms with Gasteiger partial charge in [-0.05, 0) is 86.1 Å². The van der Waals surface area contributed by atoms with E-state index < -0.39 is 17.5 Å². The summed E-state index contributed by atoms with van der Waals surface area (Å²) in [6.45, 7) is 5.46. The van der Waals surface area contributed by atoms with Gasteiger partial charge in [0.2, 0.25) is 0 Å². The monoisotopic (exact) mass is 509 g/mol. The summed E-state index contributed by atoms with van der Waals surface area (Å²) in [6.07, 6.45) is 6.39. The van der Waals surface area contributed by atoms with Crippen LogP contribution in [0.4, 0.5) is 0 Å². The van der Waals surface area contributed by atoms with E-state index in [0.29, 0.717) is 37.5 Å². The molecule has 0 aliphatic heterocycles. The number of nitrogens with one attached hydrogen (secondary N) is 1. The molecule has 5 rings (SSSR count). The van der Waals surface area contributed by atoms with E-state index in [0.717, 1.165) is 36.8 Å². The smallest absolute Gasteiger partial charge is 0.316 e. The van der Waals surface area contributed by atoms with Crippen molar-refractivity contribution in [3.8, 4) is 0 Å². The maximum Gasteiger partial charge on any atom is 0.316 e. The Morgan fingerprint density at radius 1 is 1.21 bits per heavy atom. The predicted molar refractivity (Wildman–Crippen MR) is 133 cm³/mol. The topological polar surface area (TPSA) is 75.6 Å². The molecule has 1 aromatic rings.